The molecular weight excluding hydrogens is 702 g/mol. The van der Waals surface area contributed by atoms with Crippen LogP contribution in [0, 0.1) is 15.4 Å². The lowest BCUT2D eigenvalue weighted by atomic mass is 9.57. The van der Waals surface area contributed by atoms with Gasteiger partial charge in [-0.25, -0.2) is 4.79 Å². The molecule has 6 rings (SSSR count). The second-order valence-corrected chi connectivity index (χ2v) is 14.0. The van der Waals surface area contributed by atoms with Crippen molar-refractivity contribution in [2.45, 2.75) is 43.2 Å². The second-order valence-electron chi connectivity index (χ2n) is 11.9. The number of halogens is 3. The molecule has 3 heterocycles. The summed E-state index contributed by atoms with van der Waals surface area (Å²) in [4.78, 5) is 43.8. The molecule has 8 nitrogen and oxygen atoms in total. The van der Waals surface area contributed by atoms with Gasteiger partial charge in [0.2, 0.25) is 11.8 Å². The van der Waals surface area contributed by atoms with Crippen molar-refractivity contribution in [3.8, 4) is 5.75 Å². The topological polar surface area (TPSA) is 91.0 Å². The van der Waals surface area contributed by atoms with Crippen molar-refractivity contribution in [1.82, 2.24) is 15.1 Å². The molecule has 226 valence electrons. The van der Waals surface area contributed by atoms with Crippen molar-refractivity contribution in [3.63, 3.8) is 0 Å². The van der Waals surface area contributed by atoms with Crippen molar-refractivity contribution in [2.24, 2.45) is 11.8 Å². The molecule has 4 atom stereocenters. The van der Waals surface area contributed by atoms with Crippen molar-refractivity contribution < 1.29 is 19.1 Å². The van der Waals surface area contributed by atoms with E-state index in [0.29, 0.717) is 53.8 Å². The third-order valence-electron chi connectivity index (χ3n) is 9.06. The second kappa shape index (κ2) is 12.0. The Balaban J connectivity index is 1.43. The zero-order chi connectivity index (χ0) is 30.5. The van der Waals surface area contributed by atoms with E-state index in [1.165, 1.54) is 0 Å². The van der Waals surface area contributed by atoms with Gasteiger partial charge in [-0.3, -0.25) is 9.59 Å². The smallest absolute Gasteiger partial charge is 0.319 e. The third kappa shape index (κ3) is 5.53. The van der Waals surface area contributed by atoms with Crippen LogP contribution in [0.15, 0.2) is 59.7 Å². The molecule has 4 amide bonds. The van der Waals surface area contributed by atoms with Gasteiger partial charge in [-0.15, -0.1) is 0 Å². The summed E-state index contributed by atoms with van der Waals surface area (Å²) >= 11 is 15.1. The van der Waals surface area contributed by atoms with Gasteiger partial charge in [0.25, 0.3) is 0 Å². The highest BCUT2D eigenvalue weighted by atomic mass is 127. The fourth-order valence-corrected chi connectivity index (χ4v) is 8.06. The first-order chi connectivity index (χ1) is 20.6. The van der Waals surface area contributed by atoms with Crippen LogP contribution in [0.25, 0.3) is 0 Å². The molecular formula is C32H33Cl2IN4O4. The van der Waals surface area contributed by atoms with E-state index in [4.69, 9.17) is 27.9 Å². The van der Waals surface area contributed by atoms with Gasteiger partial charge in [0, 0.05) is 71.3 Å². The molecule has 2 unspecified atom stereocenters. The maximum atomic E-state index is 14.4. The maximum Gasteiger partial charge on any atom is 0.319 e. The van der Waals surface area contributed by atoms with Crippen molar-refractivity contribution in [1.29, 1.82) is 0 Å². The molecule has 0 saturated carbocycles. The van der Waals surface area contributed by atoms with Crippen LogP contribution in [0.2, 0.25) is 5.02 Å². The number of nitrogens with one attached hydrogen (secondary N) is 2. The molecule has 3 aliphatic heterocycles. The minimum atomic E-state index is -1.14. The van der Waals surface area contributed by atoms with Crippen LogP contribution >= 0.6 is 45.8 Å². The fraction of sp³-hybridized carbons (Fsp3) is 0.406. The van der Waals surface area contributed by atoms with Crippen molar-refractivity contribution in [2.75, 3.05) is 32.5 Å². The van der Waals surface area contributed by atoms with E-state index < -0.39 is 11.5 Å². The molecule has 0 radical (unpaired) electrons. The average molecular weight is 735 g/mol. The predicted molar refractivity (Wildman–Crippen MR) is 175 cm³/mol. The lowest BCUT2D eigenvalue weighted by Crippen LogP contribution is -2.59. The monoisotopic (exact) mass is 734 g/mol. The van der Waals surface area contributed by atoms with Gasteiger partial charge in [0.15, 0.2) is 0 Å². The first-order valence-corrected chi connectivity index (χ1v) is 16.3. The normalized spacial score (nSPS) is 27.0. The Morgan fingerprint density at radius 2 is 1.86 bits per heavy atom. The van der Waals surface area contributed by atoms with Crippen LogP contribution in [0.3, 0.4) is 0 Å². The summed E-state index contributed by atoms with van der Waals surface area (Å²) in [7, 11) is 3.51. The number of carbonyl (C=O) groups excluding carboxylic acids is 3. The zero-order valence-electron chi connectivity index (χ0n) is 23.9. The number of allylic oxidation sites excluding steroid dienone is 4. The van der Waals surface area contributed by atoms with Crippen molar-refractivity contribution >= 4 is 69.3 Å². The number of rotatable bonds is 4. The van der Waals surface area contributed by atoms with Gasteiger partial charge in [-0.1, -0.05) is 41.4 Å². The summed E-state index contributed by atoms with van der Waals surface area (Å²) in [6.45, 7) is 1.18. The minimum absolute atomic E-state index is 0.0102. The quantitative estimate of drug-likeness (QED) is 0.365. The van der Waals surface area contributed by atoms with Gasteiger partial charge in [-0.05, 0) is 82.8 Å². The molecule has 2 aromatic rings. The number of nitrogens with zero attached hydrogens (tertiary/aromatic N) is 2. The molecule has 1 aliphatic carbocycles. The van der Waals surface area contributed by atoms with Crippen LogP contribution in [-0.4, -0.2) is 60.9 Å². The standard InChI is InChI=1S/C32H33Cl2IN4O4/c1-38(2)31(42)39-12-10-22(11-13-39)43-27-9-7-21(35)16-23(27)29-32(24-8-6-20(34)15-26(24)36-30(32)41)25(17-28(40)37-29)18-4-3-5-19(33)14-18/h3-9,15-16,18,22,25,29H,10-14,17H2,1-2H3,(H,36,41)(H,37,40)/t18?,25-,29?,32-/m0/s1. The number of amides is 4. The van der Waals surface area contributed by atoms with E-state index in [1.54, 1.807) is 31.1 Å². The van der Waals surface area contributed by atoms with Crippen LogP contribution in [0.4, 0.5) is 10.5 Å². The maximum absolute atomic E-state index is 14.4. The van der Waals surface area contributed by atoms with Crippen LogP contribution in [0.1, 0.15) is 42.9 Å². The first-order valence-electron chi connectivity index (χ1n) is 14.4. The summed E-state index contributed by atoms with van der Waals surface area (Å²) in [5.41, 5.74) is 1.06. The van der Waals surface area contributed by atoms with Gasteiger partial charge in [0.05, 0.1) is 6.04 Å². The number of ether oxygens (including phenoxy) is 1. The lowest BCUT2D eigenvalue weighted by molar-refractivity contribution is -0.135. The fourth-order valence-electron chi connectivity index (χ4n) is 7.12. The Morgan fingerprint density at radius 1 is 1.09 bits per heavy atom. The third-order valence-corrected chi connectivity index (χ3v) is 10.2. The number of hydrogen-bond acceptors (Lipinski definition) is 4. The van der Waals surface area contributed by atoms with Crippen LogP contribution in [-0.2, 0) is 15.0 Å². The van der Waals surface area contributed by atoms with E-state index in [1.807, 2.05) is 41.3 Å². The van der Waals surface area contributed by atoms with E-state index >= 15 is 0 Å². The highest BCUT2D eigenvalue weighted by Gasteiger charge is 2.62. The molecule has 0 aromatic heterocycles. The first kappa shape index (κ1) is 30.3. The SMILES string of the molecule is CN(C)C(=O)N1CCC(Oc2ccc(I)cc2C2NC(=O)C[C@@H](C3C=CC=C(Cl)C3)[C@]23C(=O)Nc2cc(Cl)ccc23)CC1. The van der Waals surface area contributed by atoms with E-state index in [0.717, 1.165) is 14.7 Å². The lowest BCUT2D eigenvalue weighted by Gasteiger charge is -2.49. The summed E-state index contributed by atoms with van der Waals surface area (Å²) in [5, 5.41) is 7.54. The molecule has 1 spiro atoms. The number of hydrogen-bond donors (Lipinski definition) is 2. The number of benzene rings is 2. The molecule has 43 heavy (non-hydrogen) atoms. The number of carbonyl (C=O) groups is 3. The van der Waals surface area contributed by atoms with Gasteiger partial charge in [0.1, 0.15) is 17.3 Å². The molecule has 4 aliphatic rings. The molecule has 0 bridgehead atoms. The summed E-state index contributed by atoms with van der Waals surface area (Å²) in [6.07, 6.45) is 7.77. The molecule has 11 heteroatoms. The van der Waals surface area contributed by atoms with E-state index in [-0.39, 0.29) is 42.2 Å². The molecule has 2 N–H and O–H groups in total. The number of fused-ring (bicyclic) bond motifs is 2. The molecule has 2 aromatic carbocycles. The summed E-state index contributed by atoms with van der Waals surface area (Å²) in [5.74, 6) is -0.202. The largest absolute Gasteiger partial charge is 0.490 e. The van der Waals surface area contributed by atoms with Crippen LogP contribution in [0.5, 0.6) is 5.75 Å². The number of anilines is 1. The Labute approximate surface area is 274 Å². The van der Waals surface area contributed by atoms with E-state index in [2.05, 4.69) is 39.3 Å². The molecule has 2 fully saturated rings. The Bertz CT molecular complexity index is 1540. The highest BCUT2D eigenvalue weighted by molar-refractivity contribution is 14.1. The minimum Gasteiger partial charge on any atom is -0.490 e. The summed E-state index contributed by atoms with van der Waals surface area (Å²) in [6, 6.07) is 10.6. The Kier molecular flexibility index (Phi) is 8.43. The zero-order valence-corrected chi connectivity index (χ0v) is 27.6. The van der Waals surface area contributed by atoms with Crippen LogP contribution < -0.4 is 15.4 Å². The number of piperidine rings is 2. The number of urea groups is 1. The van der Waals surface area contributed by atoms with Gasteiger partial charge in [-0.2, -0.15) is 0 Å². The van der Waals surface area contributed by atoms with Gasteiger partial charge >= 0.3 is 6.03 Å². The highest BCUT2D eigenvalue weighted by Crippen LogP contribution is 2.58. The number of likely N-dealkylation sites (tertiary alicyclic amines) is 1. The Hall–Kier alpha value is -2.76. The van der Waals surface area contributed by atoms with Gasteiger partial charge < -0.3 is 25.2 Å². The van der Waals surface area contributed by atoms with E-state index in [9.17, 15) is 14.4 Å². The average Bonchev–Trinajstić information content (AvgIpc) is 3.25. The van der Waals surface area contributed by atoms with Crippen molar-refractivity contribution in [3.05, 3.63) is 79.4 Å². The molecule has 2 saturated heterocycles. The summed E-state index contributed by atoms with van der Waals surface area (Å²) < 4.78 is 7.61. The Morgan fingerprint density at radius 3 is 2.58 bits per heavy atom. The predicted octanol–water partition coefficient (Wildman–Crippen LogP) is 6.24.